The maximum Gasteiger partial charge on any atom is 0.418 e. The van der Waals surface area contributed by atoms with Gasteiger partial charge in [-0.2, -0.15) is 13.2 Å². The average Bonchev–Trinajstić information content (AvgIpc) is 2.44. The Kier molecular flexibility index (Phi) is 5.29. The molecule has 23 heavy (non-hydrogen) atoms. The highest BCUT2D eigenvalue weighted by Gasteiger charge is 2.34. The molecule has 0 fully saturated rings. The van der Waals surface area contributed by atoms with Crippen molar-refractivity contribution in [1.29, 1.82) is 0 Å². The van der Waals surface area contributed by atoms with Gasteiger partial charge in [-0.15, -0.1) is 0 Å². The van der Waals surface area contributed by atoms with Crippen LogP contribution in [0.25, 0.3) is 0 Å². The lowest BCUT2D eigenvalue weighted by molar-refractivity contribution is -0.136. The van der Waals surface area contributed by atoms with Gasteiger partial charge >= 0.3 is 12.2 Å². The Bertz CT molecular complexity index is 751. The first kappa shape index (κ1) is 17.7. The minimum absolute atomic E-state index is 0.0900. The Balaban J connectivity index is 2.19. The van der Waals surface area contributed by atoms with E-state index in [2.05, 4.69) is 10.6 Å². The standard InChI is InChI=1S/C14H8Cl3F3N2O/c15-7-1-4-12(9(5-7)14(18,19)20)22-13(23)21-8-2-3-10(16)11(17)6-8/h1-6H,(H2,21,22,23). The van der Waals surface area contributed by atoms with E-state index in [9.17, 15) is 18.0 Å². The molecule has 2 aromatic rings. The summed E-state index contributed by atoms with van der Waals surface area (Å²) in [6, 6.07) is 6.46. The summed E-state index contributed by atoms with van der Waals surface area (Å²) in [5.74, 6) is 0. The largest absolute Gasteiger partial charge is 0.418 e. The summed E-state index contributed by atoms with van der Waals surface area (Å²) in [5.41, 5.74) is -1.19. The van der Waals surface area contributed by atoms with Gasteiger partial charge in [0.1, 0.15) is 0 Å². The van der Waals surface area contributed by atoms with E-state index < -0.39 is 23.5 Å². The fourth-order valence-corrected chi connectivity index (χ4v) is 2.19. The van der Waals surface area contributed by atoms with Gasteiger partial charge in [-0.1, -0.05) is 34.8 Å². The van der Waals surface area contributed by atoms with Crippen molar-refractivity contribution in [2.24, 2.45) is 0 Å². The number of benzene rings is 2. The maximum absolute atomic E-state index is 12.9. The molecule has 2 aromatic carbocycles. The van der Waals surface area contributed by atoms with Crippen LogP contribution in [-0.4, -0.2) is 6.03 Å². The van der Waals surface area contributed by atoms with Crippen molar-refractivity contribution in [2.45, 2.75) is 6.18 Å². The number of alkyl halides is 3. The predicted octanol–water partition coefficient (Wildman–Crippen LogP) is 6.31. The van der Waals surface area contributed by atoms with Crippen molar-refractivity contribution in [1.82, 2.24) is 0 Å². The molecule has 0 bridgehead atoms. The monoisotopic (exact) mass is 382 g/mol. The van der Waals surface area contributed by atoms with Crippen molar-refractivity contribution < 1.29 is 18.0 Å². The van der Waals surface area contributed by atoms with Gasteiger partial charge in [-0.25, -0.2) is 4.79 Å². The highest BCUT2D eigenvalue weighted by molar-refractivity contribution is 6.42. The van der Waals surface area contributed by atoms with E-state index in [1.54, 1.807) is 0 Å². The number of carbonyl (C=O) groups excluding carboxylic acids is 1. The van der Waals surface area contributed by atoms with Crippen molar-refractivity contribution in [3.63, 3.8) is 0 Å². The van der Waals surface area contributed by atoms with E-state index >= 15 is 0 Å². The summed E-state index contributed by atoms with van der Waals surface area (Å²) >= 11 is 17.1. The van der Waals surface area contributed by atoms with Crippen LogP contribution >= 0.6 is 34.8 Å². The Morgan fingerprint density at radius 2 is 1.61 bits per heavy atom. The molecule has 2 rings (SSSR count). The lowest BCUT2D eigenvalue weighted by Gasteiger charge is -2.14. The summed E-state index contributed by atoms with van der Waals surface area (Å²) in [7, 11) is 0. The molecule has 2 N–H and O–H groups in total. The molecule has 0 aliphatic carbocycles. The number of hydrogen-bond donors (Lipinski definition) is 2. The summed E-state index contributed by atoms with van der Waals surface area (Å²) in [6.45, 7) is 0. The van der Waals surface area contributed by atoms with Crippen LogP contribution in [0.5, 0.6) is 0 Å². The molecule has 0 aliphatic rings. The fraction of sp³-hybridized carbons (Fsp3) is 0.0714. The quantitative estimate of drug-likeness (QED) is 0.627. The molecule has 3 nitrogen and oxygen atoms in total. The molecule has 0 unspecified atom stereocenters. The van der Waals surface area contributed by atoms with Gasteiger partial charge in [0.25, 0.3) is 0 Å². The van der Waals surface area contributed by atoms with Gasteiger partial charge in [0.15, 0.2) is 0 Å². The third-order valence-corrected chi connectivity index (χ3v) is 3.69. The van der Waals surface area contributed by atoms with Crippen LogP contribution in [0.1, 0.15) is 5.56 Å². The normalized spacial score (nSPS) is 11.2. The van der Waals surface area contributed by atoms with Gasteiger partial charge in [-0.3, -0.25) is 0 Å². The lowest BCUT2D eigenvalue weighted by atomic mass is 10.1. The molecule has 122 valence electrons. The highest BCUT2D eigenvalue weighted by atomic mass is 35.5. The molecule has 0 saturated heterocycles. The van der Waals surface area contributed by atoms with Gasteiger partial charge < -0.3 is 10.6 Å². The van der Waals surface area contributed by atoms with Gasteiger partial charge in [0.05, 0.1) is 21.3 Å². The molecule has 0 heterocycles. The molecule has 0 atom stereocenters. The van der Waals surface area contributed by atoms with Crippen LogP contribution < -0.4 is 10.6 Å². The van der Waals surface area contributed by atoms with Crippen LogP contribution in [0.4, 0.5) is 29.3 Å². The molecule has 0 spiro atoms. The second-order valence-corrected chi connectivity index (χ2v) is 5.65. The summed E-state index contributed by atoms with van der Waals surface area (Å²) in [4.78, 5) is 11.8. The number of carbonyl (C=O) groups is 1. The fourth-order valence-electron chi connectivity index (χ4n) is 1.72. The second-order valence-electron chi connectivity index (χ2n) is 4.40. The van der Waals surface area contributed by atoms with Crippen LogP contribution in [-0.2, 0) is 6.18 Å². The number of halogens is 6. The molecule has 2 amide bonds. The maximum atomic E-state index is 12.9. The second kappa shape index (κ2) is 6.86. The molecule has 0 radical (unpaired) electrons. The Hall–Kier alpha value is -1.63. The van der Waals surface area contributed by atoms with E-state index in [1.165, 1.54) is 24.3 Å². The first-order chi connectivity index (χ1) is 10.7. The minimum atomic E-state index is -4.66. The van der Waals surface area contributed by atoms with E-state index in [1.807, 2.05) is 0 Å². The lowest BCUT2D eigenvalue weighted by Crippen LogP contribution is -2.21. The zero-order chi connectivity index (χ0) is 17.2. The van der Waals surface area contributed by atoms with E-state index in [0.717, 1.165) is 12.1 Å². The van der Waals surface area contributed by atoms with Crippen LogP contribution in [0.2, 0.25) is 15.1 Å². The predicted molar refractivity (Wildman–Crippen MR) is 85.6 cm³/mol. The summed E-state index contributed by atoms with van der Waals surface area (Å²) in [6.07, 6.45) is -4.66. The molecular formula is C14H8Cl3F3N2O. The van der Waals surface area contributed by atoms with Gasteiger partial charge in [0.2, 0.25) is 0 Å². The third-order valence-electron chi connectivity index (χ3n) is 2.71. The van der Waals surface area contributed by atoms with Crippen molar-refractivity contribution in [3.05, 3.63) is 57.0 Å². The Morgan fingerprint density at radius 1 is 0.913 bits per heavy atom. The van der Waals surface area contributed by atoms with Crippen molar-refractivity contribution in [3.8, 4) is 0 Å². The van der Waals surface area contributed by atoms with Crippen LogP contribution in [0.3, 0.4) is 0 Å². The molecular weight excluding hydrogens is 376 g/mol. The van der Waals surface area contributed by atoms with E-state index in [0.29, 0.717) is 0 Å². The number of anilines is 2. The number of rotatable bonds is 2. The Labute approximate surface area is 144 Å². The average molecular weight is 384 g/mol. The zero-order valence-electron chi connectivity index (χ0n) is 11.1. The smallest absolute Gasteiger partial charge is 0.308 e. The topological polar surface area (TPSA) is 41.1 Å². The van der Waals surface area contributed by atoms with Crippen LogP contribution in [0, 0.1) is 0 Å². The highest BCUT2D eigenvalue weighted by Crippen LogP contribution is 2.36. The van der Waals surface area contributed by atoms with E-state index in [4.69, 9.17) is 34.8 Å². The molecule has 0 saturated carbocycles. The minimum Gasteiger partial charge on any atom is -0.308 e. The first-order valence-corrected chi connectivity index (χ1v) is 7.20. The number of amides is 2. The first-order valence-electron chi connectivity index (χ1n) is 6.06. The van der Waals surface area contributed by atoms with Crippen molar-refractivity contribution in [2.75, 3.05) is 10.6 Å². The molecule has 0 aromatic heterocycles. The van der Waals surface area contributed by atoms with Crippen LogP contribution in [0.15, 0.2) is 36.4 Å². The van der Waals surface area contributed by atoms with Gasteiger partial charge in [0, 0.05) is 10.7 Å². The zero-order valence-corrected chi connectivity index (χ0v) is 13.4. The third kappa shape index (κ3) is 4.67. The van der Waals surface area contributed by atoms with Crippen molar-refractivity contribution >= 4 is 52.2 Å². The molecule has 0 aliphatic heterocycles. The number of nitrogens with one attached hydrogen (secondary N) is 2. The SMILES string of the molecule is O=C(Nc1ccc(Cl)c(Cl)c1)Nc1ccc(Cl)cc1C(F)(F)F. The Morgan fingerprint density at radius 3 is 2.22 bits per heavy atom. The molecule has 9 heteroatoms. The summed E-state index contributed by atoms with van der Waals surface area (Å²) in [5, 5.41) is 4.88. The van der Waals surface area contributed by atoms with E-state index in [-0.39, 0.29) is 20.8 Å². The number of hydrogen-bond acceptors (Lipinski definition) is 1. The van der Waals surface area contributed by atoms with Gasteiger partial charge in [-0.05, 0) is 36.4 Å². The summed E-state index contributed by atoms with van der Waals surface area (Å²) < 4.78 is 38.8. The number of urea groups is 1.